The van der Waals surface area contributed by atoms with Crippen LogP contribution in [0.15, 0.2) is 34.2 Å². The lowest BCUT2D eigenvalue weighted by atomic mass is 10.0. The molecule has 0 spiro atoms. The number of carboxylic acid groups (broad SMARTS) is 3. The predicted molar refractivity (Wildman–Crippen MR) is 356 cm³/mol. The van der Waals surface area contributed by atoms with Crippen LogP contribution >= 0.6 is 0 Å². The first-order valence-electron chi connectivity index (χ1n) is 32.2. The summed E-state index contributed by atoms with van der Waals surface area (Å²) in [5.74, 6) is -19.7. The molecule has 0 unspecified atom stereocenters. The SMILES string of the molecule is Cc1ccc(S(=O)(=O)NCCCC[C@H](NC(=O)[C@H](CO)NC(=O)[C@H](CCCN=C(N)N)NC(=O)[C@H](CC(C)C)NC(=O)[C@H](CO)NC(=O)[C@H](CCC(=O)O)NC(=O)[C@H](CCC(N)=O)NC(=O)[C@H](CC(C)C)NC(=O)[C@H](CC(N)=O)NC(=O)[C@@H](N)[C@@H](C)O)C(=O)N[C@@H](CCC(=O)O)C(=O)O)cc1. The van der Waals surface area contributed by atoms with Gasteiger partial charge in [-0.05, 0) is 102 Å². The molecule has 41 heteroatoms. The zero-order valence-electron chi connectivity index (χ0n) is 57.0. The van der Waals surface area contributed by atoms with E-state index in [4.69, 9.17) is 28.7 Å². The Morgan fingerprint density at radius 1 is 0.446 bits per heavy atom. The Bertz CT molecular complexity index is 3170. The van der Waals surface area contributed by atoms with Crippen molar-refractivity contribution in [2.45, 2.75) is 209 Å². The normalized spacial score (nSPS) is 14.9. The van der Waals surface area contributed by atoms with Crippen LogP contribution in [0.1, 0.15) is 130 Å². The molecule has 0 aliphatic heterocycles. The molecule has 0 bridgehead atoms. The van der Waals surface area contributed by atoms with Crippen LogP contribution in [0.3, 0.4) is 0 Å². The van der Waals surface area contributed by atoms with Crippen molar-refractivity contribution in [3.63, 3.8) is 0 Å². The second kappa shape index (κ2) is 45.1. The predicted octanol–water partition coefficient (Wildman–Crippen LogP) is -7.91. The van der Waals surface area contributed by atoms with Gasteiger partial charge in [-0.15, -0.1) is 0 Å². The maximum absolute atomic E-state index is 14.3. The molecule has 27 N–H and O–H groups in total. The van der Waals surface area contributed by atoms with E-state index in [1.54, 1.807) is 46.8 Å². The summed E-state index contributed by atoms with van der Waals surface area (Å²) >= 11 is 0. The van der Waals surface area contributed by atoms with Crippen molar-refractivity contribution in [3.8, 4) is 0 Å². The van der Waals surface area contributed by atoms with Gasteiger partial charge in [-0.1, -0.05) is 45.4 Å². The summed E-state index contributed by atoms with van der Waals surface area (Å²) in [6.07, 6.45) is -7.34. The first-order valence-corrected chi connectivity index (χ1v) is 33.6. The smallest absolute Gasteiger partial charge is 0.326 e. The molecule has 1 rings (SSSR count). The van der Waals surface area contributed by atoms with Crippen LogP contribution in [0.4, 0.5) is 0 Å². The number of hydrogen-bond acceptors (Lipinski definition) is 22. The van der Waals surface area contributed by atoms with Gasteiger partial charge in [-0.2, -0.15) is 0 Å². The number of guanidine groups is 1. The molecule has 0 aromatic heterocycles. The Morgan fingerprint density at radius 3 is 1.17 bits per heavy atom. The van der Waals surface area contributed by atoms with Crippen molar-refractivity contribution in [1.29, 1.82) is 0 Å². The van der Waals surface area contributed by atoms with Crippen molar-refractivity contribution in [3.05, 3.63) is 29.8 Å². The van der Waals surface area contributed by atoms with Crippen LogP contribution in [0.25, 0.3) is 0 Å². The van der Waals surface area contributed by atoms with Crippen molar-refractivity contribution in [1.82, 2.24) is 57.9 Å². The molecule has 0 heterocycles. The van der Waals surface area contributed by atoms with Gasteiger partial charge in [0.25, 0.3) is 0 Å². The monoisotopic (exact) mass is 1460 g/mol. The number of nitrogens with zero attached hydrogens (tertiary/aromatic N) is 1. The minimum absolute atomic E-state index is 0.0240. The van der Waals surface area contributed by atoms with E-state index in [1.165, 1.54) is 19.1 Å². The zero-order chi connectivity index (χ0) is 77.0. The molecule has 1 aromatic carbocycles. The highest BCUT2D eigenvalue weighted by atomic mass is 32.2. The second-order valence-corrected chi connectivity index (χ2v) is 26.3. The van der Waals surface area contributed by atoms with Crippen molar-refractivity contribution < 1.29 is 111 Å². The van der Waals surface area contributed by atoms with E-state index < -0.39 is 241 Å². The number of hydrogen-bond donors (Lipinski definition) is 22. The van der Waals surface area contributed by atoms with Crippen LogP contribution < -0.4 is 86.6 Å². The number of carboxylic acids is 3. The number of amides is 12. The van der Waals surface area contributed by atoms with Crippen molar-refractivity contribution >= 4 is 105 Å². The van der Waals surface area contributed by atoms with E-state index in [0.717, 1.165) is 5.56 Å². The average molecular weight is 1460 g/mol. The fourth-order valence-corrected chi connectivity index (χ4v) is 10.4. The number of aryl methyl sites for hydroxylation is 1. The van der Waals surface area contributed by atoms with Gasteiger partial charge < -0.3 is 112 Å². The number of aliphatic hydroxyl groups is 3. The maximum Gasteiger partial charge on any atom is 0.326 e. The molecule has 1 aromatic rings. The number of aliphatic hydroxyl groups excluding tert-OH is 3. The topological polar surface area (TPSA) is 686 Å². The summed E-state index contributed by atoms with van der Waals surface area (Å²) < 4.78 is 28.2. The third-order valence-corrected chi connectivity index (χ3v) is 16.3. The third-order valence-electron chi connectivity index (χ3n) is 14.8. The highest BCUT2D eigenvalue weighted by molar-refractivity contribution is 7.89. The lowest BCUT2D eigenvalue weighted by molar-refractivity contribution is -0.143. The van der Waals surface area contributed by atoms with Crippen LogP contribution in [-0.2, 0) is 81.9 Å². The number of nitrogens with one attached hydrogen (secondary N) is 11. The summed E-state index contributed by atoms with van der Waals surface area (Å²) in [5.41, 5.74) is 28.1. The summed E-state index contributed by atoms with van der Waals surface area (Å²) in [7, 11) is -3.99. The molecule has 0 fully saturated rings. The molecule has 568 valence electrons. The highest BCUT2D eigenvalue weighted by Gasteiger charge is 2.37. The van der Waals surface area contributed by atoms with Gasteiger partial charge in [0.15, 0.2) is 5.96 Å². The zero-order valence-corrected chi connectivity index (χ0v) is 57.8. The van der Waals surface area contributed by atoms with Crippen LogP contribution in [0.5, 0.6) is 0 Å². The highest BCUT2D eigenvalue weighted by Crippen LogP contribution is 2.14. The molecule has 0 saturated heterocycles. The van der Waals surface area contributed by atoms with E-state index in [-0.39, 0.29) is 68.9 Å². The molecule has 12 atom stereocenters. The second-order valence-electron chi connectivity index (χ2n) is 24.5. The number of nitrogens with two attached hydrogens (primary N) is 5. The number of benzene rings is 1. The molecule has 40 nitrogen and oxygen atoms in total. The molecule has 0 aliphatic rings. The van der Waals surface area contributed by atoms with Gasteiger partial charge in [0, 0.05) is 32.4 Å². The fourth-order valence-electron chi connectivity index (χ4n) is 9.28. The van der Waals surface area contributed by atoms with Gasteiger partial charge >= 0.3 is 17.9 Å². The number of primary amides is 2. The third kappa shape index (κ3) is 35.3. The number of aliphatic imine (C=N–C) groups is 1. The molecule has 0 radical (unpaired) electrons. The fraction of sp³-hybridized carbons (Fsp3) is 0.633. The van der Waals surface area contributed by atoms with Crippen molar-refractivity contribution in [2.75, 3.05) is 26.3 Å². The van der Waals surface area contributed by atoms with Gasteiger partial charge in [-0.3, -0.25) is 72.1 Å². The van der Waals surface area contributed by atoms with E-state index >= 15 is 0 Å². The number of sulfonamides is 1. The first kappa shape index (κ1) is 89.3. The molecular formula is C60H99N17O23S. The van der Waals surface area contributed by atoms with Crippen LogP contribution in [0.2, 0.25) is 0 Å². The number of aliphatic carboxylic acids is 3. The van der Waals surface area contributed by atoms with E-state index in [9.17, 15) is 111 Å². The minimum atomic E-state index is -3.99. The first-order chi connectivity index (χ1) is 47.1. The molecule has 101 heavy (non-hydrogen) atoms. The lowest BCUT2D eigenvalue weighted by Gasteiger charge is -2.28. The standard InChI is InChI=1S/C60H99N17O23S/c1-29(2)24-39(73-55(93)41(26-45(62)82)75-58(96)48(63)32(6)80)54(92)71-36(16-19-44(61)81)51(89)70-37(17-20-46(83)84)52(90)77-43(28-79)57(95)74-40(25-30(3)4)53(91)68-35(11-9-22-66-60(64)65)50(88)76-42(27-78)56(94)69-34(49(87)72-38(59(97)98)18-21-47(85)86)10-7-8-23-67-101(99,100)33-14-12-31(5)13-15-33/h12-15,29-30,32,34-43,48,67,78-80H,7-11,16-28,63H2,1-6H3,(H2,61,81)(H2,62,82)(H,68,91)(H,69,94)(H,70,89)(H,71,92)(H,72,87)(H,73,93)(H,74,95)(H,75,96)(H,76,88)(H,77,90)(H,83,84)(H,85,86)(H,97,98)(H4,64,65,66)/t32-,34+,35+,36+,37+,38+,39+,40+,41+,42+,43+,48+/m1/s1. The van der Waals surface area contributed by atoms with Gasteiger partial charge in [0.05, 0.1) is 30.6 Å². The van der Waals surface area contributed by atoms with E-state index in [2.05, 4.69) is 62.9 Å². The summed E-state index contributed by atoms with van der Waals surface area (Å²) in [5, 5.41) is 82.1. The largest absolute Gasteiger partial charge is 0.481 e. The summed E-state index contributed by atoms with van der Waals surface area (Å²) in [4.78, 5) is 201. The average Bonchev–Trinajstić information content (AvgIpc) is 0.886. The summed E-state index contributed by atoms with van der Waals surface area (Å²) in [6, 6.07) is -13.4. The Labute approximate surface area is 582 Å². The Balaban J connectivity index is 3.60. The molecule has 12 amide bonds. The lowest BCUT2D eigenvalue weighted by Crippen LogP contribution is -2.61. The summed E-state index contributed by atoms with van der Waals surface area (Å²) in [6.45, 7) is 6.67. The molecular weight excluding hydrogens is 1360 g/mol. The van der Waals surface area contributed by atoms with E-state index in [1.807, 2.05) is 0 Å². The van der Waals surface area contributed by atoms with E-state index in [0.29, 0.717) is 0 Å². The minimum Gasteiger partial charge on any atom is -0.481 e. The number of carbonyl (C=O) groups excluding carboxylic acids is 12. The van der Waals surface area contributed by atoms with Gasteiger partial charge in [0.1, 0.15) is 66.5 Å². The van der Waals surface area contributed by atoms with Crippen molar-refractivity contribution in [2.24, 2.45) is 45.5 Å². The number of carbonyl (C=O) groups is 15. The Kier molecular flexibility index (Phi) is 39.9. The van der Waals surface area contributed by atoms with Gasteiger partial charge in [-0.25, -0.2) is 17.9 Å². The number of unbranched alkanes of at least 4 members (excludes halogenated alkanes) is 1. The number of rotatable bonds is 50. The maximum atomic E-state index is 14.3. The Morgan fingerprint density at radius 2 is 0.792 bits per heavy atom. The van der Waals surface area contributed by atoms with Crippen LogP contribution in [0, 0.1) is 18.8 Å². The van der Waals surface area contributed by atoms with Crippen LogP contribution in [-0.4, -0.2) is 233 Å². The quantitative estimate of drug-likeness (QED) is 0.0164. The Hall–Kier alpha value is -9.71. The molecule has 0 saturated carbocycles. The van der Waals surface area contributed by atoms with Gasteiger partial charge in [0.2, 0.25) is 80.9 Å². The molecule has 0 aliphatic carbocycles.